The van der Waals surface area contributed by atoms with Crippen LogP contribution >= 0.6 is 0 Å². The summed E-state index contributed by atoms with van der Waals surface area (Å²) in [4.78, 5) is 5.51. The van der Waals surface area contributed by atoms with Gasteiger partial charge in [0, 0.05) is 33.0 Å². The third-order valence-electron chi connectivity index (χ3n) is 10.0. The molecule has 0 radical (unpaired) electrons. The van der Waals surface area contributed by atoms with Crippen LogP contribution in [-0.2, 0) is 5.66 Å². The molecule has 0 saturated carbocycles. The number of benzene rings is 8. The summed E-state index contributed by atoms with van der Waals surface area (Å²) < 4.78 is 6.77. The van der Waals surface area contributed by atoms with Crippen LogP contribution in [-0.4, -0.2) is 5.84 Å². The van der Waals surface area contributed by atoms with E-state index in [1.165, 1.54) is 27.3 Å². The van der Waals surface area contributed by atoms with E-state index in [-0.39, 0.29) is 0 Å². The van der Waals surface area contributed by atoms with Gasteiger partial charge in [-0.2, -0.15) is 0 Å². The number of para-hydroxylation sites is 1. The zero-order chi connectivity index (χ0) is 33.1. The summed E-state index contributed by atoms with van der Waals surface area (Å²) in [6.07, 6.45) is 0. The van der Waals surface area contributed by atoms with Crippen LogP contribution in [0.5, 0.6) is 0 Å². The minimum absolute atomic E-state index is 0.784. The number of aliphatic imine (C=N–C) groups is 1. The molecule has 0 saturated heterocycles. The lowest BCUT2D eigenvalue weighted by Gasteiger charge is -2.28. The molecule has 8 aromatic carbocycles. The molecule has 2 heterocycles. The highest BCUT2D eigenvalue weighted by atomic mass is 16.3. The van der Waals surface area contributed by atoms with E-state index in [0.29, 0.717) is 0 Å². The molecule has 2 N–H and O–H groups in total. The van der Waals surface area contributed by atoms with Gasteiger partial charge in [-0.15, -0.1) is 0 Å². The molecule has 4 heteroatoms. The van der Waals surface area contributed by atoms with Crippen molar-refractivity contribution >= 4 is 49.3 Å². The number of fused-ring (bicyclic) bond motifs is 5. The zero-order valence-corrected chi connectivity index (χ0v) is 27.1. The van der Waals surface area contributed by atoms with Crippen LogP contribution in [0.1, 0.15) is 16.7 Å². The van der Waals surface area contributed by atoms with Crippen molar-refractivity contribution in [1.29, 1.82) is 0 Å². The normalized spacial score (nSPS) is 15.9. The highest BCUT2D eigenvalue weighted by molar-refractivity contribution is 6.12. The predicted octanol–water partition coefficient (Wildman–Crippen LogP) is 11.0. The number of hydrazine groups is 1. The smallest absolute Gasteiger partial charge is 0.181 e. The van der Waals surface area contributed by atoms with Gasteiger partial charge in [-0.05, 0) is 62.5 Å². The van der Waals surface area contributed by atoms with Crippen LogP contribution in [0.25, 0.3) is 65.7 Å². The van der Waals surface area contributed by atoms with Crippen molar-refractivity contribution in [3.05, 3.63) is 193 Å². The Morgan fingerprint density at radius 2 is 1.14 bits per heavy atom. The van der Waals surface area contributed by atoms with Crippen molar-refractivity contribution in [2.75, 3.05) is 0 Å². The number of nitrogens with one attached hydrogen (secondary N) is 2. The number of furan rings is 1. The largest absolute Gasteiger partial charge is 0.455 e. The van der Waals surface area contributed by atoms with E-state index in [9.17, 15) is 0 Å². The summed E-state index contributed by atoms with van der Waals surface area (Å²) in [6, 6.07) is 62.0. The predicted molar refractivity (Wildman–Crippen MR) is 206 cm³/mol. The maximum atomic E-state index is 6.77. The molecule has 236 valence electrons. The van der Waals surface area contributed by atoms with Gasteiger partial charge < -0.3 is 9.84 Å². The first-order valence-electron chi connectivity index (χ1n) is 17.0. The summed E-state index contributed by atoms with van der Waals surface area (Å²) in [7, 11) is 0. The number of nitrogens with zero attached hydrogens (tertiary/aromatic N) is 1. The van der Waals surface area contributed by atoms with Crippen LogP contribution < -0.4 is 10.9 Å². The van der Waals surface area contributed by atoms with E-state index in [2.05, 4.69) is 169 Å². The summed E-state index contributed by atoms with van der Waals surface area (Å²) in [5, 5.41) is 6.84. The lowest BCUT2D eigenvalue weighted by Crippen LogP contribution is -2.44. The Morgan fingerprint density at radius 1 is 0.480 bits per heavy atom. The maximum Gasteiger partial charge on any atom is 0.181 e. The Balaban J connectivity index is 1.19. The second kappa shape index (κ2) is 11.3. The van der Waals surface area contributed by atoms with Crippen LogP contribution in [0.2, 0.25) is 0 Å². The van der Waals surface area contributed by atoms with Crippen molar-refractivity contribution in [1.82, 2.24) is 10.9 Å². The Kier molecular flexibility index (Phi) is 6.44. The van der Waals surface area contributed by atoms with Gasteiger partial charge in [-0.1, -0.05) is 152 Å². The fraction of sp³-hybridized carbons (Fsp3) is 0.0217. The quantitative estimate of drug-likeness (QED) is 0.197. The summed E-state index contributed by atoms with van der Waals surface area (Å²) in [6.45, 7) is 0. The molecule has 9 aromatic rings. The standard InChI is InChI=1S/C46H31N3O/c1-3-11-30(12-4-1)34-22-23-36-29-38(26-25-35(36)27-34)46(47-45(48-49-46)32-14-5-2-6-15-32)41-19-10-20-42-43(41)40-18-9-17-39(44(40)50-42)37-24-21-31-13-7-8-16-33(31)28-37/h1-29,49H,(H,47,48). The minimum Gasteiger partial charge on any atom is -0.455 e. The molecule has 1 unspecified atom stereocenters. The first-order chi connectivity index (χ1) is 24.7. The third-order valence-corrected chi connectivity index (χ3v) is 10.0. The SMILES string of the molecule is c1ccc(C2=NC(c3ccc4cc(-c5ccccc5)ccc4c3)(c3cccc4oc5c(-c6ccc7ccccc7c6)cccc5c34)NN2)cc1. The summed E-state index contributed by atoms with van der Waals surface area (Å²) in [5.41, 5.74) is 15.5. The van der Waals surface area contributed by atoms with Crippen LogP contribution in [0.15, 0.2) is 185 Å². The van der Waals surface area contributed by atoms with Gasteiger partial charge in [0.1, 0.15) is 17.0 Å². The van der Waals surface area contributed by atoms with Gasteiger partial charge in [0.2, 0.25) is 0 Å². The highest BCUT2D eigenvalue weighted by Gasteiger charge is 2.41. The summed E-state index contributed by atoms with van der Waals surface area (Å²) in [5.74, 6) is 0.784. The van der Waals surface area contributed by atoms with Crippen molar-refractivity contribution in [2.45, 2.75) is 5.66 Å². The fourth-order valence-electron chi connectivity index (χ4n) is 7.54. The van der Waals surface area contributed by atoms with Gasteiger partial charge in [-0.3, -0.25) is 0 Å². The molecule has 10 rings (SSSR count). The van der Waals surface area contributed by atoms with Crippen LogP contribution in [0, 0.1) is 0 Å². The van der Waals surface area contributed by atoms with E-state index in [1.807, 2.05) is 18.2 Å². The number of hydrogen-bond acceptors (Lipinski definition) is 4. The average molecular weight is 642 g/mol. The molecular formula is C46H31N3O. The van der Waals surface area contributed by atoms with E-state index in [0.717, 1.165) is 61.0 Å². The molecule has 1 aliphatic rings. The Hall–Kier alpha value is -6.49. The van der Waals surface area contributed by atoms with Crippen LogP contribution in [0.4, 0.5) is 0 Å². The lowest BCUT2D eigenvalue weighted by atomic mass is 9.87. The monoisotopic (exact) mass is 641 g/mol. The highest BCUT2D eigenvalue weighted by Crippen LogP contribution is 2.44. The van der Waals surface area contributed by atoms with Gasteiger partial charge >= 0.3 is 0 Å². The third kappa shape index (κ3) is 4.54. The van der Waals surface area contributed by atoms with Gasteiger partial charge in [0.25, 0.3) is 0 Å². The molecule has 50 heavy (non-hydrogen) atoms. The number of rotatable bonds is 5. The second-order valence-electron chi connectivity index (χ2n) is 13.0. The van der Waals surface area contributed by atoms with Gasteiger partial charge in [0.15, 0.2) is 5.66 Å². The van der Waals surface area contributed by atoms with E-state index in [1.54, 1.807) is 0 Å². The fourth-order valence-corrected chi connectivity index (χ4v) is 7.54. The summed E-state index contributed by atoms with van der Waals surface area (Å²) >= 11 is 0. The molecule has 0 fully saturated rings. The minimum atomic E-state index is -0.938. The van der Waals surface area contributed by atoms with Gasteiger partial charge in [0.05, 0.1) is 0 Å². The maximum absolute atomic E-state index is 6.77. The van der Waals surface area contributed by atoms with Crippen molar-refractivity contribution in [3.63, 3.8) is 0 Å². The lowest BCUT2D eigenvalue weighted by molar-refractivity contribution is 0.438. The molecular weight excluding hydrogens is 611 g/mol. The Bertz CT molecular complexity index is 2770. The Labute approximate surface area is 289 Å². The zero-order valence-electron chi connectivity index (χ0n) is 27.1. The molecule has 1 aliphatic heterocycles. The second-order valence-corrected chi connectivity index (χ2v) is 13.0. The van der Waals surface area contributed by atoms with E-state index >= 15 is 0 Å². The number of amidine groups is 1. The average Bonchev–Trinajstić information content (AvgIpc) is 3.82. The van der Waals surface area contributed by atoms with E-state index < -0.39 is 5.66 Å². The first-order valence-corrected chi connectivity index (χ1v) is 17.0. The van der Waals surface area contributed by atoms with Crippen LogP contribution in [0.3, 0.4) is 0 Å². The van der Waals surface area contributed by atoms with Gasteiger partial charge in [-0.25, -0.2) is 10.4 Å². The number of hydrogen-bond donors (Lipinski definition) is 2. The molecule has 0 spiro atoms. The molecule has 0 bridgehead atoms. The molecule has 4 nitrogen and oxygen atoms in total. The topological polar surface area (TPSA) is 49.6 Å². The molecule has 0 aliphatic carbocycles. The first kappa shape index (κ1) is 28.5. The Morgan fingerprint density at radius 3 is 2.00 bits per heavy atom. The molecule has 1 aromatic heterocycles. The molecule has 1 atom stereocenters. The van der Waals surface area contributed by atoms with Crippen molar-refractivity contribution < 1.29 is 4.42 Å². The van der Waals surface area contributed by atoms with Crippen molar-refractivity contribution in [3.8, 4) is 22.3 Å². The molecule has 0 amide bonds. The van der Waals surface area contributed by atoms with E-state index in [4.69, 9.17) is 9.41 Å². The van der Waals surface area contributed by atoms with Crippen molar-refractivity contribution in [2.24, 2.45) is 4.99 Å².